The maximum Gasteiger partial charge on any atom is 0.303 e. The van der Waals surface area contributed by atoms with Crippen molar-refractivity contribution < 1.29 is 13.6 Å². The fourth-order valence-electron chi connectivity index (χ4n) is 4.05. The van der Waals surface area contributed by atoms with E-state index in [1.807, 2.05) is 0 Å². The van der Waals surface area contributed by atoms with Crippen LogP contribution in [-0.4, -0.2) is 68.3 Å². The Morgan fingerprint density at radius 3 is 2.65 bits per heavy atom. The Bertz CT molecular complexity index is 1240. The fraction of sp³-hybridized carbons (Fsp3) is 0.522. The molecule has 1 N–H and O–H groups in total. The van der Waals surface area contributed by atoms with Gasteiger partial charge < -0.3 is 15.1 Å². The van der Waals surface area contributed by atoms with Gasteiger partial charge >= 0.3 is 5.92 Å². The number of hydrogen-bond acceptors (Lipinski definition) is 7. The first-order valence-corrected chi connectivity index (χ1v) is 11.3. The Morgan fingerprint density at radius 1 is 1.29 bits per heavy atom. The molecule has 0 aliphatic carbocycles. The van der Waals surface area contributed by atoms with Crippen LogP contribution < -0.4 is 10.2 Å². The van der Waals surface area contributed by atoms with E-state index < -0.39 is 11.7 Å². The molecule has 0 radical (unpaired) electrons. The van der Waals surface area contributed by atoms with Crippen molar-refractivity contribution in [3.05, 3.63) is 29.8 Å². The topological polar surface area (TPSA) is 92.1 Å². The average molecular weight is 473 g/mol. The minimum atomic E-state index is -3.20. The number of likely N-dealkylation sites (N-methyl/N-ethyl adjacent to an activating group) is 1. The van der Waals surface area contributed by atoms with Gasteiger partial charge in [-0.15, -0.1) is 5.10 Å². The van der Waals surface area contributed by atoms with Gasteiger partial charge in [-0.05, 0) is 34.4 Å². The Kier molecular flexibility index (Phi) is 6.01. The summed E-state index contributed by atoms with van der Waals surface area (Å²) in [4.78, 5) is 28.8. The molecule has 1 aliphatic rings. The van der Waals surface area contributed by atoms with Crippen LogP contribution >= 0.6 is 0 Å². The summed E-state index contributed by atoms with van der Waals surface area (Å²) in [5, 5.41) is 8.31. The smallest absolute Gasteiger partial charge is 0.303 e. The second-order valence-electron chi connectivity index (χ2n) is 9.37. The zero-order chi connectivity index (χ0) is 24.8. The fourth-order valence-corrected chi connectivity index (χ4v) is 4.05. The molecule has 1 aliphatic heterocycles. The quantitative estimate of drug-likeness (QED) is 0.587. The molecule has 1 saturated heterocycles. The average Bonchev–Trinajstić information content (AvgIpc) is 3.34. The number of carbonyl (C=O) groups excluding carboxylic acids is 1. The highest BCUT2D eigenvalue weighted by Crippen LogP contribution is 2.35. The Labute approximate surface area is 197 Å². The number of rotatable bonds is 6. The van der Waals surface area contributed by atoms with Crippen molar-refractivity contribution in [2.45, 2.75) is 52.0 Å². The number of hydrogen-bond donors (Lipinski definition) is 1. The summed E-state index contributed by atoms with van der Waals surface area (Å²) in [5.74, 6) is -2.65. The second-order valence-corrected chi connectivity index (χ2v) is 9.37. The SMILES string of the molecule is CCC(=O)Nc1cc2c(cn1)c(N1CCC(C)(N(C)C)C1)nn2-c1cc(C)nc(C(C)(F)F)n1. The highest BCUT2D eigenvalue weighted by Gasteiger charge is 2.37. The number of amides is 1. The molecule has 3 aromatic rings. The van der Waals surface area contributed by atoms with Crippen molar-refractivity contribution >= 4 is 28.4 Å². The minimum absolute atomic E-state index is 0.0263. The lowest BCUT2D eigenvalue weighted by Crippen LogP contribution is -2.43. The number of carbonyl (C=O) groups is 1. The predicted molar refractivity (Wildman–Crippen MR) is 127 cm³/mol. The van der Waals surface area contributed by atoms with Crippen molar-refractivity contribution in [1.29, 1.82) is 0 Å². The highest BCUT2D eigenvalue weighted by molar-refractivity contribution is 5.95. The van der Waals surface area contributed by atoms with Crippen LogP contribution in [0.25, 0.3) is 16.7 Å². The summed E-state index contributed by atoms with van der Waals surface area (Å²) < 4.78 is 29.7. The third kappa shape index (κ3) is 4.44. The van der Waals surface area contributed by atoms with Crippen molar-refractivity contribution in [1.82, 2.24) is 29.6 Å². The zero-order valence-corrected chi connectivity index (χ0v) is 20.4. The first kappa shape index (κ1) is 23.9. The summed E-state index contributed by atoms with van der Waals surface area (Å²) >= 11 is 0. The molecule has 4 rings (SSSR count). The molecular formula is C23H30F2N8O. The number of aryl methyl sites for hydroxylation is 1. The molecule has 0 spiro atoms. The van der Waals surface area contributed by atoms with E-state index in [-0.39, 0.29) is 17.3 Å². The van der Waals surface area contributed by atoms with Crippen LogP contribution in [-0.2, 0) is 10.7 Å². The summed E-state index contributed by atoms with van der Waals surface area (Å²) in [7, 11) is 4.11. The molecule has 9 nitrogen and oxygen atoms in total. The van der Waals surface area contributed by atoms with Crippen LogP contribution in [0.5, 0.6) is 0 Å². The van der Waals surface area contributed by atoms with Crippen LogP contribution in [0.1, 0.15) is 45.1 Å². The number of pyridine rings is 1. The van der Waals surface area contributed by atoms with Crippen LogP contribution in [0, 0.1) is 6.92 Å². The van der Waals surface area contributed by atoms with E-state index in [0.29, 0.717) is 29.3 Å². The van der Waals surface area contributed by atoms with Gasteiger partial charge in [-0.2, -0.15) is 8.78 Å². The van der Waals surface area contributed by atoms with Gasteiger partial charge in [0.15, 0.2) is 11.6 Å². The zero-order valence-electron chi connectivity index (χ0n) is 20.4. The number of aromatic nitrogens is 5. The molecule has 0 saturated carbocycles. The van der Waals surface area contributed by atoms with E-state index in [1.165, 1.54) is 4.68 Å². The van der Waals surface area contributed by atoms with E-state index in [2.05, 4.69) is 51.1 Å². The lowest BCUT2D eigenvalue weighted by Gasteiger charge is -2.32. The molecule has 1 unspecified atom stereocenters. The third-order valence-corrected chi connectivity index (χ3v) is 6.42. The highest BCUT2D eigenvalue weighted by atomic mass is 19.3. The summed E-state index contributed by atoms with van der Waals surface area (Å²) in [6, 6.07) is 3.31. The van der Waals surface area contributed by atoms with E-state index in [9.17, 15) is 13.6 Å². The van der Waals surface area contributed by atoms with Gasteiger partial charge in [-0.3, -0.25) is 4.79 Å². The lowest BCUT2D eigenvalue weighted by molar-refractivity contribution is -0.115. The molecular weight excluding hydrogens is 442 g/mol. The van der Waals surface area contributed by atoms with Crippen LogP contribution in [0.3, 0.4) is 0 Å². The Morgan fingerprint density at radius 2 is 2.03 bits per heavy atom. The van der Waals surface area contributed by atoms with Gasteiger partial charge in [0.05, 0.1) is 10.9 Å². The van der Waals surface area contributed by atoms with Crippen molar-refractivity contribution in [2.24, 2.45) is 0 Å². The number of anilines is 2. The largest absolute Gasteiger partial charge is 0.353 e. The van der Waals surface area contributed by atoms with E-state index >= 15 is 0 Å². The maximum atomic E-state index is 14.1. The van der Waals surface area contributed by atoms with Gasteiger partial charge in [-0.1, -0.05) is 6.92 Å². The van der Waals surface area contributed by atoms with Gasteiger partial charge in [0, 0.05) is 56.0 Å². The molecule has 182 valence electrons. The van der Waals surface area contributed by atoms with Crippen LogP contribution in [0.2, 0.25) is 0 Å². The number of halogens is 2. The maximum absolute atomic E-state index is 14.1. The first-order valence-electron chi connectivity index (χ1n) is 11.3. The van der Waals surface area contributed by atoms with E-state index in [4.69, 9.17) is 5.10 Å². The predicted octanol–water partition coefficient (Wildman–Crippen LogP) is 3.51. The third-order valence-electron chi connectivity index (χ3n) is 6.42. The second kappa shape index (κ2) is 8.53. The van der Waals surface area contributed by atoms with Crippen molar-refractivity contribution in [3.63, 3.8) is 0 Å². The molecule has 34 heavy (non-hydrogen) atoms. The molecule has 11 heteroatoms. The standard InChI is InChI=1S/C23H30F2N8O/c1-7-19(34)28-17-11-16-15(12-26-17)20(32-9-8-22(3,13-32)31(5)6)30-33(16)18-10-14(2)27-21(29-18)23(4,24)25/h10-12H,7-9,13H2,1-6H3,(H,26,28,34). The normalized spacial score (nSPS) is 18.8. The number of nitrogens with one attached hydrogen (secondary N) is 1. The van der Waals surface area contributed by atoms with Gasteiger partial charge in [-0.25, -0.2) is 19.6 Å². The van der Waals surface area contributed by atoms with Crippen molar-refractivity contribution in [2.75, 3.05) is 37.4 Å². The summed E-state index contributed by atoms with van der Waals surface area (Å²) in [5.41, 5.74) is 0.988. The molecule has 1 amide bonds. The Hall–Kier alpha value is -3.21. The summed E-state index contributed by atoms with van der Waals surface area (Å²) in [6.45, 7) is 7.91. The number of nitrogens with zero attached hydrogens (tertiary/aromatic N) is 7. The van der Waals surface area contributed by atoms with Crippen molar-refractivity contribution in [3.8, 4) is 5.82 Å². The van der Waals surface area contributed by atoms with Gasteiger partial charge in [0.1, 0.15) is 5.82 Å². The van der Waals surface area contributed by atoms with Crippen LogP contribution in [0.4, 0.5) is 20.4 Å². The molecule has 1 atom stereocenters. The minimum Gasteiger partial charge on any atom is -0.353 e. The molecule has 1 fully saturated rings. The van der Waals surface area contributed by atoms with E-state index in [1.54, 1.807) is 32.2 Å². The van der Waals surface area contributed by atoms with E-state index in [0.717, 1.165) is 31.8 Å². The molecule has 4 heterocycles. The van der Waals surface area contributed by atoms with Gasteiger partial charge in [0.25, 0.3) is 0 Å². The summed E-state index contributed by atoms with van der Waals surface area (Å²) in [6.07, 6.45) is 2.92. The molecule has 0 aromatic carbocycles. The van der Waals surface area contributed by atoms with Crippen LogP contribution in [0.15, 0.2) is 18.3 Å². The molecule has 0 bridgehead atoms. The first-order chi connectivity index (χ1) is 15.9. The van der Waals surface area contributed by atoms with Gasteiger partial charge in [0.2, 0.25) is 11.7 Å². The Balaban J connectivity index is 1.88. The monoisotopic (exact) mass is 472 g/mol. The number of alkyl halides is 2. The lowest BCUT2D eigenvalue weighted by atomic mass is 10.0. The molecule has 3 aromatic heterocycles. The number of fused-ring (bicyclic) bond motifs is 1.